The number of likely N-dealkylation sites (N-methyl/N-ethyl adjacent to an activating group) is 1. The van der Waals surface area contributed by atoms with Crippen molar-refractivity contribution in [3.63, 3.8) is 0 Å². The van der Waals surface area contributed by atoms with Crippen molar-refractivity contribution < 1.29 is 14.2 Å². The number of fused-ring (bicyclic) bond motifs is 2. The first-order chi connectivity index (χ1) is 18.9. The van der Waals surface area contributed by atoms with Crippen molar-refractivity contribution in [3.05, 3.63) is 60.3 Å². The third-order valence-electron chi connectivity index (χ3n) is 6.34. The van der Waals surface area contributed by atoms with Gasteiger partial charge in [0.1, 0.15) is 23.7 Å². The van der Waals surface area contributed by atoms with Crippen LogP contribution in [0.3, 0.4) is 0 Å². The fourth-order valence-corrected chi connectivity index (χ4v) is 4.49. The molecule has 0 saturated carbocycles. The summed E-state index contributed by atoms with van der Waals surface area (Å²) in [4.78, 5) is 19.2. The smallest absolute Gasteiger partial charge is 0.178 e. The predicted octanol–water partition coefficient (Wildman–Crippen LogP) is 3.54. The average molecular weight is 528 g/mol. The number of aromatic amines is 2. The normalized spacial score (nSPS) is 11.7. The van der Waals surface area contributed by atoms with Crippen molar-refractivity contribution in [2.75, 3.05) is 27.2 Å². The first kappa shape index (κ1) is 24.6. The average Bonchev–Trinajstić information content (AvgIpc) is 3.63. The molecule has 0 fully saturated rings. The summed E-state index contributed by atoms with van der Waals surface area (Å²) < 4.78 is 22.0. The highest BCUT2D eigenvalue weighted by Gasteiger charge is 2.19. The standard InChI is InChI=1S/C27H26FN9O2/c1-36(2)8-9-39-17-11-15(10-16(28)12-17)18-6-7-29-26-23(18)31-27(32-26)25-24-21(33-34-25)5-4-20(30-24)19-13-37(3)35-22(19)14-38/h4-7,10-13,38H,8-9,14H2,1-3H3,(H,33,34)(H,29,31,32). The highest BCUT2D eigenvalue weighted by atomic mass is 19.1. The fourth-order valence-electron chi connectivity index (χ4n) is 4.49. The minimum atomic E-state index is -0.398. The van der Waals surface area contributed by atoms with Gasteiger partial charge in [-0.3, -0.25) is 9.78 Å². The molecule has 0 aliphatic carbocycles. The molecule has 0 atom stereocenters. The largest absolute Gasteiger partial charge is 0.492 e. The second-order valence-corrected chi connectivity index (χ2v) is 9.46. The number of aliphatic hydroxyl groups is 1. The van der Waals surface area contributed by atoms with Gasteiger partial charge in [0.2, 0.25) is 0 Å². The summed E-state index contributed by atoms with van der Waals surface area (Å²) >= 11 is 0. The first-order valence-electron chi connectivity index (χ1n) is 12.3. The first-order valence-corrected chi connectivity index (χ1v) is 12.3. The van der Waals surface area contributed by atoms with Crippen LogP contribution in [0.2, 0.25) is 0 Å². The van der Waals surface area contributed by atoms with Gasteiger partial charge < -0.3 is 19.7 Å². The Kier molecular flexibility index (Phi) is 6.25. The van der Waals surface area contributed by atoms with E-state index in [-0.39, 0.29) is 6.61 Å². The lowest BCUT2D eigenvalue weighted by Gasteiger charge is -2.12. The van der Waals surface area contributed by atoms with Crippen LogP contribution in [-0.2, 0) is 13.7 Å². The molecule has 39 heavy (non-hydrogen) atoms. The molecule has 0 amide bonds. The van der Waals surface area contributed by atoms with Gasteiger partial charge in [-0.05, 0) is 50.0 Å². The van der Waals surface area contributed by atoms with Gasteiger partial charge >= 0.3 is 0 Å². The van der Waals surface area contributed by atoms with Crippen molar-refractivity contribution in [3.8, 4) is 39.7 Å². The van der Waals surface area contributed by atoms with Crippen LogP contribution >= 0.6 is 0 Å². The molecule has 0 unspecified atom stereocenters. The summed E-state index contributed by atoms with van der Waals surface area (Å²) in [5, 5.41) is 21.5. The van der Waals surface area contributed by atoms with Gasteiger partial charge in [0, 0.05) is 43.2 Å². The van der Waals surface area contributed by atoms with Crippen LogP contribution in [0.4, 0.5) is 4.39 Å². The number of imidazole rings is 1. The lowest BCUT2D eigenvalue weighted by atomic mass is 10.1. The Morgan fingerprint density at radius 1 is 1.10 bits per heavy atom. The number of aliphatic hydroxyl groups excluding tert-OH is 1. The number of hydrogen-bond donors (Lipinski definition) is 3. The molecule has 3 N–H and O–H groups in total. The van der Waals surface area contributed by atoms with Gasteiger partial charge in [0.05, 0.1) is 29.0 Å². The number of hydrogen-bond acceptors (Lipinski definition) is 8. The van der Waals surface area contributed by atoms with Crippen LogP contribution in [0.15, 0.2) is 48.8 Å². The molecule has 5 heterocycles. The summed E-state index contributed by atoms with van der Waals surface area (Å²) in [7, 11) is 5.70. The molecular weight excluding hydrogens is 501 g/mol. The Morgan fingerprint density at radius 3 is 2.79 bits per heavy atom. The zero-order valence-electron chi connectivity index (χ0n) is 21.6. The Morgan fingerprint density at radius 2 is 1.97 bits per heavy atom. The molecule has 6 aromatic rings. The van der Waals surface area contributed by atoms with Gasteiger partial charge in [-0.25, -0.2) is 19.3 Å². The summed E-state index contributed by atoms with van der Waals surface area (Å²) in [5.74, 6) is 0.516. The third-order valence-corrected chi connectivity index (χ3v) is 6.34. The molecule has 0 bridgehead atoms. The third kappa shape index (κ3) is 4.71. The fraction of sp³-hybridized carbons (Fsp3) is 0.222. The molecule has 5 aromatic heterocycles. The van der Waals surface area contributed by atoms with Crippen LogP contribution in [0.25, 0.3) is 56.1 Å². The number of nitrogens with zero attached hydrogens (tertiary/aromatic N) is 7. The van der Waals surface area contributed by atoms with Crippen molar-refractivity contribution >= 4 is 22.2 Å². The maximum absolute atomic E-state index is 14.6. The van der Waals surface area contributed by atoms with Crippen molar-refractivity contribution in [1.82, 2.24) is 44.8 Å². The van der Waals surface area contributed by atoms with Crippen LogP contribution in [0.1, 0.15) is 5.69 Å². The predicted molar refractivity (Wildman–Crippen MR) is 144 cm³/mol. The van der Waals surface area contributed by atoms with Crippen LogP contribution < -0.4 is 4.74 Å². The molecule has 0 aliphatic rings. The van der Waals surface area contributed by atoms with E-state index in [0.717, 1.165) is 16.6 Å². The molecule has 198 valence electrons. The minimum absolute atomic E-state index is 0.200. The van der Waals surface area contributed by atoms with Crippen LogP contribution in [0, 0.1) is 5.82 Å². The number of aromatic nitrogens is 8. The number of nitrogens with one attached hydrogen (secondary N) is 2. The van der Waals surface area contributed by atoms with E-state index >= 15 is 0 Å². The molecule has 0 saturated heterocycles. The SMILES string of the molecule is CN(C)CCOc1cc(F)cc(-c2ccnc3nc(-c4n[nH]c5ccc(-c6cn(C)nc6CO)nc45)[nH]c23)c1. The van der Waals surface area contributed by atoms with Crippen molar-refractivity contribution in [2.24, 2.45) is 7.05 Å². The number of rotatable bonds is 8. The molecule has 12 heteroatoms. The van der Waals surface area contributed by atoms with Gasteiger partial charge in [-0.2, -0.15) is 10.2 Å². The van der Waals surface area contributed by atoms with E-state index in [2.05, 4.69) is 30.2 Å². The molecular formula is C27H26FN9O2. The van der Waals surface area contributed by atoms with E-state index in [1.807, 2.05) is 37.3 Å². The van der Waals surface area contributed by atoms with Crippen molar-refractivity contribution in [1.29, 1.82) is 0 Å². The van der Waals surface area contributed by atoms with E-state index in [4.69, 9.17) is 9.72 Å². The molecule has 11 nitrogen and oxygen atoms in total. The van der Waals surface area contributed by atoms with Crippen LogP contribution in [0.5, 0.6) is 5.75 Å². The van der Waals surface area contributed by atoms with E-state index in [9.17, 15) is 9.50 Å². The Labute approximate surface area is 222 Å². The van der Waals surface area contributed by atoms with E-state index in [1.165, 1.54) is 12.1 Å². The lowest BCUT2D eigenvalue weighted by Crippen LogP contribution is -2.19. The Hall–Kier alpha value is -4.68. The van der Waals surface area contributed by atoms with Gasteiger partial charge in [-0.15, -0.1) is 0 Å². The van der Waals surface area contributed by atoms with Crippen molar-refractivity contribution in [2.45, 2.75) is 6.61 Å². The summed E-state index contributed by atoms with van der Waals surface area (Å²) in [6.45, 7) is 0.954. The Balaban J connectivity index is 1.41. The second-order valence-electron chi connectivity index (χ2n) is 9.46. The summed E-state index contributed by atoms with van der Waals surface area (Å²) in [5.41, 5.74) is 6.22. The Bertz CT molecular complexity index is 1800. The molecule has 0 radical (unpaired) electrons. The minimum Gasteiger partial charge on any atom is -0.492 e. The molecule has 0 spiro atoms. The van der Waals surface area contributed by atoms with E-state index < -0.39 is 5.82 Å². The number of halogens is 1. The molecule has 0 aliphatic heterocycles. The zero-order chi connectivity index (χ0) is 27.1. The van der Waals surface area contributed by atoms with Gasteiger partial charge in [0.25, 0.3) is 0 Å². The van der Waals surface area contributed by atoms with E-state index in [1.54, 1.807) is 30.1 Å². The number of aryl methyl sites for hydroxylation is 1. The maximum atomic E-state index is 14.6. The number of pyridine rings is 2. The van der Waals surface area contributed by atoms with E-state index in [0.29, 0.717) is 64.1 Å². The summed E-state index contributed by atoms with van der Waals surface area (Å²) in [6.07, 6.45) is 3.45. The zero-order valence-corrected chi connectivity index (χ0v) is 21.6. The topological polar surface area (TPSA) is 134 Å². The van der Waals surface area contributed by atoms with Crippen LogP contribution in [-0.4, -0.2) is 77.2 Å². The van der Waals surface area contributed by atoms with Gasteiger partial charge in [-0.1, -0.05) is 0 Å². The highest BCUT2D eigenvalue weighted by molar-refractivity contribution is 5.95. The number of ether oxygens (including phenoxy) is 1. The number of H-pyrrole nitrogens is 2. The highest BCUT2D eigenvalue weighted by Crippen LogP contribution is 2.33. The lowest BCUT2D eigenvalue weighted by molar-refractivity contribution is 0.260. The second kappa shape index (κ2) is 9.89. The molecule has 1 aromatic carbocycles. The molecule has 6 rings (SSSR count). The van der Waals surface area contributed by atoms with Gasteiger partial charge in [0.15, 0.2) is 17.2 Å². The summed E-state index contributed by atoms with van der Waals surface area (Å²) in [6, 6.07) is 10.2. The monoisotopic (exact) mass is 527 g/mol. The maximum Gasteiger partial charge on any atom is 0.178 e. The quantitative estimate of drug-likeness (QED) is 0.274. The number of benzene rings is 1.